The fraction of sp³-hybridized carbons (Fsp3) is 0.316. The van der Waals surface area contributed by atoms with Crippen molar-refractivity contribution in [2.24, 2.45) is 0 Å². The van der Waals surface area contributed by atoms with Crippen LogP contribution in [0.2, 0.25) is 0 Å². The molecule has 0 saturated carbocycles. The van der Waals surface area contributed by atoms with Gasteiger partial charge in [0, 0.05) is 18.7 Å². The lowest BCUT2D eigenvalue weighted by atomic mass is 10.2. The first-order chi connectivity index (χ1) is 12.8. The van der Waals surface area contributed by atoms with Crippen LogP contribution in [0, 0.1) is 6.92 Å². The Morgan fingerprint density at radius 2 is 1.93 bits per heavy atom. The van der Waals surface area contributed by atoms with E-state index < -0.39 is 16.1 Å². The molecule has 0 aliphatic carbocycles. The van der Waals surface area contributed by atoms with Crippen molar-refractivity contribution in [1.82, 2.24) is 0 Å². The van der Waals surface area contributed by atoms with E-state index in [1.807, 2.05) is 13.0 Å². The number of nitrogens with zero attached hydrogens (tertiary/aromatic N) is 1. The number of sulfonamides is 1. The van der Waals surface area contributed by atoms with Gasteiger partial charge in [0.15, 0.2) is 6.10 Å². The predicted octanol–water partition coefficient (Wildman–Crippen LogP) is 2.56. The topological polar surface area (TPSA) is 84.9 Å². The first kappa shape index (κ1) is 19.0. The van der Waals surface area contributed by atoms with Crippen LogP contribution in [0.1, 0.15) is 12.0 Å². The Morgan fingerprint density at radius 1 is 1.22 bits per heavy atom. The summed E-state index contributed by atoms with van der Waals surface area (Å²) in [5.74, 6) is 0.729. The third kappa shape index (κ3) is 4.33. The number of carbonyl (C=O) groups is 1. The molecule has 144 valence electrons. The molecule has 1 unspecified atom stereocenters. The minimum Gasteiger partial charge on any atom is -0.497 e. The van der Waals surface area contributed by atoms with E-state index in [2.05, 4.69) is 5.32 Å². The van der Waals surface area contributed by atoms with Crippen molar-refractivity contribution in [3.63, 3.8) is 0 Å². The Bertz CT molecular complexity index is 941. The van der Waals surface area contributed by atoms with Gasteiger partial charge in [0.05, 0.1) is 19.1 Å². The summed E-state index contributed by atoms with van der Waals surface area (Å²) in [5, 5.41) is 2.80. The van der Waals surface area contributed by atoms with E-state index in [1.54, 1.807) is 43.5 Å². The molecule has 3 rings (SSSR count). The number of benzene rings is 2. The van der Waals surface area contributed by atoms with E-state index in [-0.39, 0.29) is 18.9 Å². The smallest absolute Gasteiger partial charge is 0.265 e. The summed E-state index contributed by atoms with van der Waals surface area (Å²) in [4.78, 5) is 12.7. The minimum absolute atomic E-state index is 0.163. The van der Waals surface area contributed by atoms with E-state index in [4.69, 9.17) is 9.47 Å². The highest BCUT2D eigenvalue weighted by Crippen LogP contribution is 2.35. The molecule has 1 aliphatic heterocycles. The fourth-order valence-corrected chi connectivity index (χ4v) is 3.85. The first-order valence-corrected chi connectivity index (χ1v) is 10.3. The van der Waals surface area contributed by atoms with E-state index in [1.165, 1.54) is 4.31 Å². The lowest BCUT2D eigenvalue weighted by molar-refractivity contribution is -0.122. The Hall–Kier alpha value is -2.74. The van der Waals surface area contributed by atoms with Gasteiger partial charge in [-0.25, -0.2) is 8.42 Å². The van der Waals surface area contributed by atoms with Crippen molar-refractivity contribution in [3.8, 4) is 11.5 Å². The quantitative estimate of drug-likeness (QED) is 0.867. The van der Waals surface area contributed by atoms with Gasteiger partial charge in [-0.05, 0) is 48.9 Å². The molecule has 27 heavy (non-hydrogen) atoms. The fourth-order valence-electron chi connectivity index (χ4n) is 2.92. The number of rotatable bonds is 4. The number of aryl methyl sites for hydroxylation is 1. The molecule has 1 aliphatic rings. The van der Waals surface area contributed by atoms with Crippen molar-refractivity contribution in [1.29, 1.82) is 0 Å². The number of fused-ring (bicyclic) bond motifs is 1. The Morgan fingerprint density at radius 3 is 2.56 bits per heavy atom. The van der Waals surface area contributed by atoms with Crippen LogP contribution in [-0.2, 0) is 14.8 Å². The lowest BCUT2D eigenvalue weighted by Gasteiger charge is -2.21. The number of ether oxygens (including phenoxy) is 2. The number of methoxy groups -OCH3 is 1. The van der Waals surface area contributed by atoms with Gasteiger partial charge in [-0.1, -0.05) is 6.07 Å². The summed E-state index contributed by atoms with van der Waals surface area (Å²) in [7, 11) is -1.92. The molecule has 1 amide bonds. The molecule has 0 bridgehead atoms. The second-order valence-corrected chi connectivity index (χ2v) is 8.33. The third-order valence-corrected chi connectivity index (χ3v) is 5.48. The molecule has 0 aromatic heterocycles. The van der Waals surface area contributed by atoms with Gasteiger partial charge >= 0.3 is 0 Å². The van der Waals surface area contributed by atoms with Crippen molar-refractivity contribution < 1.29 is 22.7 Å². The average Bonchev–Trinajstić information content (AvgIpc) is 2.81. The largest absolute Gasteiger partial charge is 0.497 e. The molecule has 1 N–H and O–H groups in total. The Labute approximate surface area is 158 Å². The number of carbonyl (C=O) groups excluding carboxylic acids is 1. The number of nitrogens with one attached hydrogen (secondary N) is 1. The highest BCUT2D eigenvalue weighted by Gasteiger charge is 2.31. The van der Waals surface area contributed by atoms with Gasteiger partial charge < -0.3 is 14.8 Å². The highest BCUT2D eigenvalue weighted by atomic mass is 32.2. The van der Waals surface area contributed by atoms with Gasteiger partial charge in [0.25, 0.3) is 5.91 Å². The van der Waals surface area contributed by atoms with Crippen LogP contribution in [0.3, 0.4) is 0 Å². The van der Waals surface area contributed by atoms with Gasteiger partial charge in [0.1, 0.15) is 11.5 Å². The summed E-state index contributed by atoms with van der Waals surface area (Å²) in [6.45, 7) is 2.04. The van der Waals surface area contributed by atoms with Crippen molar-refractivity contribution in [3.05, 3.63) is 48.0 Å². The van der Waals surface area contributed by atoms with Crippen molar-refractivity contribution in [2.75, 3.05) is 29.5 Å². The molecule has 2 aromatic rings. The van der Waals surface area contributed by atoms with Crippen LogP contribution in [0.15, 0.2) is 42.5 Å². The first-order valence-electron chi connectivity index (χ1n) is 8.48. The molecule has 0 saturated heterocycles. The Balaban J connectivity index is 1.83. The maximum Gasteiger partial charge on any atom is 0.265 e. The summed E-state index contributed by atoms with van der Waals surface area (Å²) in [5.41, 5.74) is 1.97. The number of hydrogen-bond donors (Lipinski definition) is 1. The summed E-state index contributed by atoms with van der Waals surface area (Å²) < 4.78 is 36.7. The zero-order valence-corrected chi connectivity index (χ0v) is 16.2. The van der Waals surface area contributed by atoms with Crippen molar-refractivity contribution in [2.45, 2.75) is 19.4 Å². The molecule has 1 atom stereocenters. The molecular weight excluding hydrogens is 368 g/mol. The van der Waals surface area contributed by atoms with Crippen molar-refractivity contribution >= 4 is 27.3 Å². The highest BCUT2D eigenvalue weighted by molar-refractivity contribution is 7.92. The van der Waals surface area contributed by atoms with Gasteiger partial charge in [0.2, 0.25) is 10.0 Å². The van der Waals surface area contributed by atoms with Gasteiger partial charge in [-0.15, -0.1) is 0 Å². The maximum absolute atomic E-state index is 12.7. The van der Waals surface area contributed by atoms with Gasteiger partial charge in [-0.2, -0.15) is 0 Å². The number of anilines is 2. The van der Waals surface area contributed by atoms with Crippen LogP contribution < -0.4 is 19.1 Å². The molecule has 1 heterocycles. The summed E-state index contributed by atoms with van der Waals surface area (Å²) >= 11 is 0. The second-order valence-electron chi connectivity index (χ2n) is 6.42. The monoisotopic (exact) mass is 390 g/mol. The normalized spacial score (nSPS) is 16.7. The predicted molar refractivity (Wildman–Crippen MR) is 104 cm³/mol. The van der Waals surface area contributed by atoms with Crippen LogP contribution in [0.4, 0.5) is 11.4 Å². The third-order valence-electron chi connectivity index (χ3n) is 4.30. The average molecular weight is 390 g/mol. The van der Waals surface area contributed by atoms with Crippen LogP contribution in [0.5, 0.6) is 11.5 Å². The molecule has 8 heteroatoms. The Kier molecular flexibility index (Phi) is 5.27. The molecule has 0 spiro atoms. The van der Waals surface area contributed by atoms with Crippen LogP contribution >= 0.6 is 0 Å². The van der Waals surface area contributed by atoms with Gasteiger partial charge in [-0.3, -0.25) is 9.10 Å². The molecular formula is C19H22N2O5S. The van der Waals surface area contributed by atoms with E-state index in [9.17, 15) is 13.2 Å². The van der Waals surface area contributed by atoms with Crippen LogP contribution in [0.25, 0.3) is 0 Å². The SMILES string of the molecule is COc1ccc(NC(=O)C2CCN(S(C)(=O)=O)c3cc(C)ccc3O2)cc1. The zero-order chi connectivity index (χ0) is 19.6. The molecule has 7 nitrogen and oxygen atoms in total. The minimum atomic E-state index is -3.49. The molecule has 0 fully saturated rings. The van der Waals surface area contributed by atoms with E-state index in [0.717, 1.165) is 11.8 Å². The molecule has 0 radical (unpaired) electrons. The van der Waals surface area contributed by atoms with Crippen LogP contribution in [-0.4, -0.2) is 40.3 Å². The van der Waals surface area contributed by atoms with E-state index >= 15 is 0 Å². The maximum atomic E-state index is 12.7. The zero-order valence-electron chi connectivity index (χ0n) is 15.4. The summed E-state index contributed by atoms with van der Waals surface area (Å²) in [6, 6.07) is 12.2. The molecule has 2 aromatic carbocycles. The standard InChI is InChI=1S/C19H22N2O5S/c1-13-4-9-17-16(12-13)21(27(3,23)24)11-10-18(26-17)19(22)20-14-5-7-15(25-2)8-6-14/h4-9,12,18H,10-11H2,1-3H3,(H,20,22). The number of amides is 1. The lowest BCUT2D eigenvalue weighted by Crippen LogP contribution is -2.35. The second kappa shape index (κ2) is 7.48. The number of hydrogen-bond acceptors (Lipinski definition) is 5. The van der Waals surface area contributed by atoms with E-state index in [0.29, 0.717) is 22.9 Å². The summed E-state index contributed by atoms with van der Waals surface area (Å²) in [6.07, 6.45) is 0.583.